The van der Waals surface area contributed by atoms with Crippen molar-refractivity contribution in [2.24, 2.45) is 0 Å². The molecule has 0 spiro atoms. The Kier molecular flexibility index (Phi) is 11.1. The molecule has 0 bridgehead atoms. The van der Waals surface area contributed by atoms with Gasteiger partial charge in [-0.1, -0.05) is 158 Å². The first-order chi connectivity index (χ1) is 15.7. The highest BCUT2D eigenvalue weighted by Gasteiger charge is 1.93. The van der Waals surface area contributed by atoms with Crippen LogP contribution in [0, 0.1) is 13.8 Å². The second-order valence-electron chi connectivity index (χ2n) is 7.23. The van der Waals surface area contributed by atoms with Gasteiger partial charge in [-0.2, -0.15) is 0 Å². The van der Waals surface area contributed by atoms with Gasteiger partial charge in [0, 0.05) is 0 Å². The second-order valence-corrected chi connectivity index (χ2v) is 7.23. The molecule has 0 unspecified atom stereocenters. The Morgan fingerprint density at radius 1 is 0.312 bits per heavy atom. The van der Waals surface area contributed by atoms with Gasteiger partial charge in [-0.15, -0.1) is 0 Å². The molecule has 5 aromatic rings. The number of aryl methyl sites for hydroxylation is 2. The van der Waals surface area contributed by atoms with E-state index in [9.17, 15) is 0 Å². The van der Waals surface area contributed by atoms with E-state index in [-0.39, 0.29) is 0 Å². The lowest BCUT2D eigenvalue weighted by molar-refractivity contribution is 1.47. The van der Waals surface area contributed by atoms with E-state index < -0.39 is 0 Å². The summed E-state index contributed by atoms with van der Waals surface area (Å²) < 4.78 is 0. The maximum atomic E-state index is 2.16. The third-order valence-electron chi connectivity index (χ3n) is 4.76. The van der Waals surface area contributed by atoms with Crippen LogP contribution in [0.25, 0.3) is 21.9 Å². The minimum Gasteiger partial charge on any atom is -0.0683 e. The Hall–Kier alpha value is -3.64. The van der Waals surface area contributed by atoms with Gasteiger partial charge in [-0.25, -0.2) is 0 Å². The number of rotatable bonds is 1. The van der Waals surface area contributed by atoms with Crippen molar-refractivity contribution in [3.63, 3.8) is 0 Å². The zero-order chi connectivity index (χ0) is 23.0. The zero-order valence-electron chi connectivity index (χ0n) is 19.7. The van der Waals surface area contributed by atoms with Crippen molar-refractivity contribution < 1.29 is 0 Å². The van der Waals surface area contributed by atoms with Crippen LogP contribution in [0.3, 0.4) is 0 Å². The van der Waals surface area contributed by atoms with Crippen LogP contribution in [0.5, 0.6) is 0 Å². The topological polar surface area (TPSA) is 0 Å². The summed E-state index contributed by atoms with van der Waals surface area (Å²) in [4.78, 5) is 0. The van der Waals surface area contributed by atoms with Crippen molar-refractivity contribution in [3.05, 3.63) is 145 Å². The first-order valence-corrected chi connectivity index (χ1v) is 11.3. The molecule has 0 aliphatic carbocycles. The van der Waals surface area contributed by atoms with E-state index in [4.69, 9.17) is 0 Å². The molecule has 0 aromatic heterocycles. The molecule has 0 radical (unpaired) electrons. The lowest BCUT2D eigenvalue weighted by atomic mass is 10.0. The average molecular weight is 419 g/mol. The highest BCUT2D eigenvalue weighted by Crippen LogP contribution is 2.18. The number of hydrogen-bond acceptors (Lipinski definition) is 0. The molecule has 0 amide bonds. The Morgan fingerprint density at radius 3 is 1.00 bits per heavy atom. The monoisotopic (exact) mass is 418 g/mol. The molecular weight excluding hydrogens is 384 g/mol. The van der Waals surface area contributed by atoms with Crippen molar-refractivity contribution in [1.82, 2.24) is 0 Å². The van der Waals surface area contributed by atoms with E-state index in [1.165, 1.54) is 33.0 Å². The first-order valence-electron chi connectivity index (χ1n) is 11.3. The smallest absolute Gasteiger partial charge is 0.0184 e. The molecule has 0 nitrogen and oxygen atoms in total. The van der Waals surface area contributed by atoms with Gasteiger partial charge in [0.05, 0.1) is 0 Å². The molecule has 0 saturated carbocycles. The predicted octanol–water partition coefficient (Wildman–Crippen LogP) is 9.52. The van der Waals surface area contributed by atoms with Gasteiger partial charge in [-0.05, 0) is 35.7 Å². The van der Waals surface area contributed by atoms with Crippen LogP contribution in [0.15, 0.2) is 133 Å². The van der Waals surface area contributed by atoms with Crippen molar-refractivity contribution in [3.8, 4) is 11.1 Å². The summed E-state index contributed by atoms with van der Waals surface area (Å²) in [5.41, 5.74) is 5.19. The lowest BCUT2D eigenvalue weighted by Crippen LogP contribution is -1.76. The molecule has 162 valence electrons. The quantitative estimate of drug-likeness (QED) is 0.254. The molecule has 0 aliphatic heterocycles. The van der Waals surface area contributed by atoms with E-state index in [0.717, 1.165) is 0 Å². The number of benzene rings is 5. The summed E-state index contributed by atoms with van der Waals surface area (Å²) in [7, 11) is 0. The largest absolute Gasteiger partial charge is 0.0683 e. The number of fused-ring (bicyclic) bond motifs is 1. The SMILES string of the molecule is CC.Cc1ccc(-c2ccccc2)cc1.Cc1ccccc1.c1ccc2ccccc2c1. The standard InChI is InChI=1S/C13H12.C10H8.C7H8.C2H6/c1-11-7-9-13(10-8-11)12-5-3-2-4-6-12;1-2-6-10-8-4-3-7-9(10)5-1;1-7-5-3-2-4-6-7;1-2/h2-10H,1H3;1-8H;2-6H,1H3;1-2H3. The van der Waals surface area contributed by atoms with Gasteiger partial charge in [0.1, 0.15) is 0 Å². The highest BCUT2D eigenvalue weighted by atomic mass is 14.0. The second kappa shape index (κ2) is 14.4. The van der Waals surface area contributed by atoms with Gasteiger partial charge in [0.2, 0.25) is 0 Å². The Balaban J connectivity index is 0.000000171. The summed E-state index contributed by atoms with van der Waals surface area (Å²) in [5.74, 6) is 0. The average Bonchev–Trinajstić information content (AvgIpc) is 2.88. The van der Waals surface area contributed by atoms with Crippen LogP contribution in [-0.2, 0) is 0 Å². The molecule has 0 heterocycles. The van der Waals surface area contributed by atoms with Crippen molar-refractivity contribution in [1.29, 1.82) is 0 Å². The zero-order valence-corrected chi connectivity index (χ0v) is 19.7. The van der Waals surface area contributed by atoms with E-state index in [2.05, 4.69) is 123 Å². The van der Waals surface area contributed by atoms with Gasteiger partial charge in [-0.3, -0.25) is 0 Å². The third kappa shape index (κ3) is 8.62. The van der Waals surface area contributed by atoms with Gasteiger partial charge >= 0.3 is 0 Å². The predicted molar refractivity (Wildman–Crippen MR) is 143 cm³/mol. The van der Waals surface area contributed by atoms with Gasteiger partial charge in [0.25, 0.3) is 0 Å². The molecule has 0 heteroatoms. The fourth-order valence-corrected chi connectivity index (χ4v) is 3.04. The van der Waals surface area contributed by atoms with E-state index >= 15 is 0 Å². The highest BCUT2D eigenvalue weighted by molar-refractivity contribution is 5.82. The normalized spacial score (nSPS) is 9.25. The van der Waals surface area contributed by atoms with Gasteiger partial charge < -0.3 is 0 Å². The van der Waals surface area contributed by atoms with Crippen LogP contribution in [0.4, 0.5) is 0 Å². The molecule has 5 rings (SSSR count). The fraction of sp³-hybridized carbons (Fsp3) is 0.125. The Morgan fingerprint density at radius 2 is 0.625 bits per heavy atom. The third-order valence-corrected chi connectivity index (χ3v) is 4.76. The molecule has 0 atom stereocenters. The molecule has 0 saturated heterocycles. The van der Waals surface area contributed by atoms with E-state index in [1.54, 1.807) is 0 Å². The fourth-order valence-electron chi connectivity index (χ4n) is 3.04. The minimum absolute atomic E-state index is 1.28. The molecule has 0 N–H and O–H groups in total. The summed E-state index contributed by atoms with van der Waals surface area (Å²) in [6.45, 7) is 8.19. The summed E-state index contributed by atoms with van der Waals surface area (Å²) in [5, 5.41) is 2.62. The van der Waals surface area contributed by atoms with Crippen LogP contribution >= 0.6 is 0 Å². The number of hydrogen-bond donors (Lipinski definition) is 0. The van der Waals surface area contributed by atoms with E-state index in [0.29, 0.717) is 0 Å². The van der Waals surface area contributed by atoms with E-state index in [1.807, 2.05) is 38.1 Å². The van der Waals surface area contributed by atoms with Crippen LogP contribution in [0.2, 0.25) is 0 Å². The minimum atomic E-state index is 1.28. The molecule has 0 fully saturated rings. The Bertz CT molecular complexity index is 1060. The molecule has 5 aromatic carbocycles. The first kappa shape index (κ1) is 24.6. The van der Waals surface area contributed by atoms with Crippen molar-refractivity contribution >= 4 is 10.8 Å². The molecule has 0 aliphatic rings. The summed E-state index contributed by atoms with van der Waals surface area (Å²) >= 11 is 0. The lowest BCUT2D eigenvalue weighted by Gasteiger charge is -2.00. The van der Waals surface area contributed by atoms with Gasteiger partial charge in [0.15, 0.2) is 0 Å². The van der Waals surface area contributed by atoms with Crippen LogP contribution in [-0.4, -0.2) is 0 Å². The van der Waals surface area contributed by atoms with Crippen molar-refractivity contribution in [2.45, 2.75) is 27.7 Å². The maximum absolute atomic E-state index is 2.16. The molecule has 32 heavy (non-hydrogen) atoms. The summed E-state index contributed by atoms with van der Waals surface area (Å²) in [6, 6.07) is 46.0. The summed E-state index contributed by atoms with van der Waals surface area (Å²) in [6.07, 6.45) is 0. The van der Waals surface area contributed by atoms with Crippen LogP contribution < -0.4 is 0 Å². The Labute approximate surface area is 194 Å². The van der Waals surface area contributed by atoms with Crippen molar-refractivity contribution in [2.75, 3.05) is 0 Å². The molecular formula is C32H34. The maximum Gasteiger partial charge on any atom is -0.0184 e. The van der Waals surface area contributed by atoms with Crippen LogP contribution in [0.1, 0.15) is 25.0 Å².